The lowest BCUT2D eigenvalue weighted by molar-refractivity contribution is 0.101. The van der Waals surface area contributed by atoms with Crippen molar-refractivity contribution >= 4 is 27.4 Å². The van der Waals surface area contributed by atoms with Gasteiger partial charge >= 0.3 is 0 Å². The minimum atomic E-state index is 0.0678. The van der Waals surface area contributed by atoms with E-state index in [9.17, 15) is 4.79 Å². The van der Waals surface area contributed by atoms with Gasteiger partial charge in [0, 0.05) is 34.9 Å². The maximum atomic E-state index is 11.7. The number of aryl methyl sites for hydroxylation is 1. The second-order valence-electron chi connectivity index (χ2n) is 4.58. The SMILES string of the molecule is CC(=O)c1ccc(Br)cc1N(C)Cc1ccoc1C. The molecule has 0 aliphatic carbocycles. The molecule has 0 fully saturated rings. The minimum absolute atomic E-state index is 0.0678. The second kappa shape index (κ2) is 5.61. The summed E-state index contributed by atoms with van der Waals surface area (Å²) in [6.45, 7) is 4.23. The number of Topliss-reactive ketones (excluding diaryl/α,β-unsaturated/α-hetero) is 1. The predicted octanol–water partition coefficient (Wildman–Crippen LogP) is 4.19. The molecule has 0 spiro atoms. The molecule has 2 rings (SSSR count). The van der Waals surface area contributed by atoms with Crippen LogP contribution in [0.15, 0.2) is 39.4 Å². The summed E-state index contributed by atoms with van der Waals surface area (Å²) in [5, 5.41) is 0. The number of halogens is 1. The Morgan fingerprint density at radius 3 is 2.68 bits per heavy atom. The summed E-state index contributed by atoms with van der Waals surface area (Å²) in [7, 11) is 1.97. The lowest BCUT2D eigenvalue weighted by Gasteiger charge is -2.21. The third kappa shape index (κ3) is 3.07. The number of rotatable bonds is 4. The highest BCUT2D eigenvalue weighted by Crippen LogP contribution is 2.26. The monoisotopic (exact) mass is 321 g/mol. The normalized spacial score (nSPS) is 10.5. The molecule has 19 heavy (non-hydrogen) atoms. The van der Waals surface area contributed by atoms with E-state index >= 15 is 0 Å². The van der Waals surface area contributed by atoms with Crippen molar-refractivity contribution in [2.75, 3.05) is 11.9 Å². The second-order valence-corrected chi connectivity index (χ2v) is 5.49. The van der Waals surface area contributed by atoms with Crippen molar-refractivity contribution < 1.29 is 9.21 Å². The van der Waals surface area contributed by atoms with Crippen LogP contribution in [0.5, 0.6) is 0 Å². The highest BCUT2D eigenvalue weighted by Gasteiger charge is 2.13. The van der Waals surface area contributed by atoms with Crippen LogP contribution in [0, 0.1) is 6.92 Å². The lowest BCUT2D eigenvalue weighted by atomic mass is 10.1. The van der Waals surface area contributed by atoms with Crippen LogP contribution in [0.25, 0.3) is 0 Å². The molecule has 0 aliphatic heterocycles. The Hall–Kier alpha value is -1.55. The van der Waals surface area contributed by atoms with Crippen LogP contribution < -0.4 is 4.90 Å². The van der Waals surface area contributed by atoms with E-state index in [4.69, 9.17) is 4.42 Å². The van der Waals surface area contributed by atoms with Crippen LogP contribution in [0.1, 0.15) is 28.6 Å². The highest BCUT2D eigenvalue weighted by atomic mass is 79.9. The number of furan rings is 1. The molecule has 0 amide bonds. The third-order valence-electron chi connectivity index (χ3n) is 3.12. The summed E-state index contributed by atoms with van der Waals surface area (Å²) in [6, 6.07) is 7.65. The smallest absolute Gasteiger partial charge is 0.161 e. The van der Waals surface area contributed by atoms with Gasteiger partial charge in [-0.2, -0.15) is 0 Å². The zero-order valence-electron chi connectivity index (χ0n) is 11.2. The Morgan fingerprint density at radius 2 is 2.11 bits per heavy atom. The van der Waals surface area contributed by atoms with E-state index in [1.807, 2.05) is 38.2 Å². The number of carbonyl (C=O) groups is 1. The van der Waals surface area contributed by atoms with E-state index in [0.717, 1.165) is 27.0 Å². The van der Waals surface area contributed by atoms with Gasteiger partial charge in [-0.3, -0.25) is 4.79 Å². The Kier molecular flexibility index (Phi) is 4.10. The molecule has 0 atom stereocenters. The molecule has 100 valence electrons. The van der Waals surface area contributed by atoms with Gasteiger partial charge in [-0.15, -0.1) is 0 Å². The first-order valence-electron chi connectivity index (χ1n) is 6.03. The Labute approximate surface area is 121 Å². The number of hydrogen-bond donors (Lipinski definition) is 0. The van der Waals surface area contributed by atoms with Crippen molar-refractivity contribution in [3.05, 3.63) is 51.9 Å². The molecule has 0 unspecified atom stereocenters. The van der Waals surface area contributed by atoms with E-state index in [-0.39, 0.29) is 5.78 Å². The van der Waals surface area contributed by atoms with Crippen LogP contribution >= 0.6 is 15.9 Å². The first-order valence-corrected chi connectivity index (χ1v) is 6.83. The fourth-order valence-corrected chi connectivity index (χ4v) is 2.38. The summed E-state index contributed by atoms with van der Waals surface area (Å²) in [6.07, 6.45) is 1.69. The maximum Gasteiger partial charge on any atom is 0.161 e. The van der Waals surface area contributed by atoms with Gasteiger partial charge in [-0.25, -0.2) is 0 Å². The molecular formula is C15H16BrNO2. The van der Waals surface area contributed by atoms with Crippen molar-refractivity contribution in [3.63, 3.8) is 0 Å². The van der Waals surface area contributed by atoms with Crippen LogP contribution in [0.2, 0.25) is 0 Å². The van der Waals surface area contributed by atoms with E-state index < -0.39 is 0 Å². The van der Waals surface area contributed by atoms with Crippen LogP contribution in [-0.2, 0) is 6.54 Å². The van der Waals surface area contributed by atoms with Gasteiger partial charge < -0.3 is 9.32 Å². The largest absolute Gasteiger partial charge is 0.469 e. The molecule has 0 saturated carbocycles. The van der Waals surface area contributed by atoms with Gasteiger partial charge in [-0.05, 0) is 38.1 Å². The summed E-state index contributed by atoms with van der Waals surface area (Å²) >= 11 is 3.45. The zero-order valence-corrected chi connectivity index (χ0v) is 12.8. The van der Waals surface area contributed by atoms with Crippen molar-refractivity contribution in [1.82, 2.24) is 0 Å². The molecule has 2 aromatic rings. The fourth-order valence-electron chi connectivity index (χ4n) is 2.03. The lowest BCUT2D eigenvalue weighted by Crippen LogP contribution is -2.19. The molecule has 0 saturated heterocycles. The van der Waals surface area contributed by atoms with Crippen LogP contribution in [0.3, 0.4) is 0 Å². The molecule has 0 bridgehead atoms. The number of ketones is 1. The molecule has 3 nitrogen and oxygen atoms in total. The fraction of sp³-hybridized carbons (Fsp3) is 0.267. The number of anilines is 1. The molecule has 4 heteroatoms. The van der Waals surface area contributed by atoms with E-state index in [1.165, 1.54) is 0 Å². The molecule has 0 radical (unpaired) electrons. The van der Waals surface area contributed by atoms with Gasteiger partial charge in [-0.1, -0.05) is 15.9 Å². The summed E-state index contributed by atoms with van der Waals surface area (Å²) in [5.74, 6) is 0.976. The summed E-state index contributed by atoms with van der Waals surface area (Å²) in [4.78, 5) is 13.7. The van der Waals surface area contributed by atoms with Gasteiger partial charge in [0.15, 0.2) is 5.78 Å². The average Bonchev–Trinajstić information content (AvgIpc) is 2.74. The Balaban J connectivity index is 2.32. The molecular weight excluding hydrogens is 306 g/mol. The van der Waals surface area contributed by atoms with Crippen molar-refractivity contribution in [2.45, 2.75) is 20.4 Å². The molecule has 0 N–H and O–H groups in total. The minimum Gasteiger partial charge on any atom is -0.469 e. The molecule has 1 aromatic heterocycles. The van der Waals surface area contributed by atoms with Crippen LogP contribution in [0.4, 0.5) is 5.69 Å². The predicted molar refractivity (Wildman–Crippen MR) is 79.7 cm³/mol. The highest BCUT2D eigenvalue weighted by molar-refractivity contribution is 9.10. The molecule has 1 aromatic carbocycles. The Bertz CT molecular complexity index is 604. The maximum absolute atomic E-state index is 11.7. The average molecular weight is 322 g/mol. The number of nitrogens with zero attached hydrogens (tertiary/aromatic N) is 1. The van der Waals surface area contributed by atoms with Crippen molar-refractivity contribution in [2.24, 2.45) is 0 Å². The first-order chi connectivity index (χ1) is 8.99. The number of hydrogen-bond acceptors (Lipinski definition) is 3. The summed E-state index contributed by atoms with van der Waals surface area (Å²) < 4.78 is 6.26. The number of carbonyl (C=O) groups excluding carboxylic acids is 1. The summed E-state index contributed by atoms with van der Waals surface area (Å²) in [5.41, 5.74) is 2.77. The zero-order chi connectivity index (χ0) is 14.0. The van der Waals surface area contributed by atoms with Gasteiger partial charge in [0.1, 0.15) is 5.76 Å². The first kappa shape index (κ1) is 13.9. The van der Waals surface area contributed by atoms with Crippen LogP contribution in [-0.4, -0.2) is 12.8 Å². The van der Waals surface area contributed by atoms with E-state index in [2.05, 4.69) is 20.8 Å². The standard InChI is InChI=1S/C15H16BrNO2/c1-10(18)14-5-4-13(16)8-15(14)17(3)9-12-6-7-19-11(12)2/h4-8H,9H2,1-3H3. The third-order valence-corrected chi connectivity index (χ3v) is 3.62. The molecule has 0 aliphatic rings. The quantitative estimate of drug-likeness (QED) is 0.792. The van der Waals surface area contributed by atoms with Crippen molar-refractivity contribution in [3.8, 4) is 0 Å². The van der Waals surface area contributed by atoms with E-state index in [1.54, 1.807) is 13.2 Å². The molecule has 1 heterocycles. The van der Waals surface area contributed by atoms with Gasteiger partial charge in [0.25, 0.3) is 0 Å². The number of benzene rings is 1. The topological polar surface area (TPSA) is 33.5 Å². The van der Waals surface area contributed by atoms with E-state index in [0.29, 0.717) is 6.54 Å². The van der Waals surface area contributed by atoms with Gasteiger partial charge in [0.2, 0.25) is 0 Å². The van der Waals surface area contributed by atoms with Crippen molar-refractivity contribution in [1.29, 1.82) is 0 Å². The van der Waals surface area contributed by atoms with Gasteiger partial charge in [0.05, 0.1) is 6.26 Å². The Morgan fingerprint density at radius 1 is 1.37 bits per heavy atom.